The molecule has 1 unspecified atom stereocenters. The van der Waals surface area contributed by atoms with Gasteiger partial charge in [-0.1, -0.05) is 37.3 Å². The quantitative estimate of drug-likeness (QED) is 0.604. The van der Waals surface area contributed by atoms with Crippen LogP contribution in [-0.4, -0.2) is 45.8 Å². The highest BCUT2D eigenvalue weighted by Crippen LogP contribution is 2.22. The molecule has 5 nitrogen and oxygen atoms in total. The zero-order valence-corrected chi connectivity index (χ0v) is 17.3. The maximum Gasteiger partial charge on any atom is 0.0983 e. The first-order valence-electron chi connectivity index (χ1n) is 10.8. The highest BCUT2D eigenvalue weighted by atomic mass is 15.3. The molecule has 0 bridgehead atoms. The van der Waals surface area contributed by atoms with E-state index in [9.17, 15) is 0 Å². The number of aromatic nitrogens is 3. The van der Waals surface area contributed by atoms with Gasteiger partial charge in [-0.2, -0.15) is 5.10 Å². The molecule has 0 spiro atoms. The standard InChI is InChI=1S/C24H31N5/c1-2-12-28-13-10-21(17-28)14-26-16-23-19-29(18-20-7-4-3-5-8-20)27-24(23)22-9-6-11-25-15-22/h3-9,11,15,19,21,26H,2,10,12-14,16-18H2,1H3. The van der Waals surface area contributed by atoms with Gasteiger partial charge in [-0.25, -0.2) is 0 Å². The van der Waals surface area contributed by atoms with Crippen LogP contribution in [0.4, 0.5) is 0 Å². The molecule has 1 saturated heterocycles. The van der Waals surface area contributed by atoms with E-state index in [-0.39, 0.29) is 0 Å². The Labute approximate surface area is 173 Å². The summed E-state index contributed by atoms with van der Waals surface area (Å²) in [4.78, 5) is 6.88. The normalized spacial score (nSPS) is 17.1. The van der Waals surface area contributed by atoms with Gasteiger partial charge < -0.3 is 10.2 Å². The van der Waals surface area contributed by atoms with Gasteiger partial charge in [0.15, 0.2) is 0 Å². The van der Waals surface area contributed by atoms with Crippen LogP contribution < -0.4 is 5.32 Å². The summed E-state index contributed by atoms with van der Waals surface area (Å²) in [6, 6.07) is 14.6. The molecule has 0 aliphatic carbocycles. The molecule has 1 N–H and O–H groups in total. The fraction of sp³-hybridized carbons (Fsp3) is 0.417. The van der Waals surface area contributed by atoms with Crippen molar-refractivity contribution in [3.8, 4) is 11.3 Å². The van der Waals surface area contributed by atoms with E-state index < -0.39 is 0 Å². The van der Waals surface area contributed by atoms with Crippen molar-refractivity contribution in [3.63, 3.8) is 0 Å². The maximum atomic E-state index is 4.89. The van der Waals surface area contributed by atoms with E-state index in [1.54, 1.807) is 0 Å². The zero-order chi connectivity index (χ0) is 19.9. The van der Waals surface area contributed by atoms with E-state index >= 15 is 0 Å². The zero-order valence-electron chi connectivity index (χ0n) is 17.3. The summed E-state index contributed by atoms with van der Waals surface area (Å²) in [6.07, 6.45) is 8.44. The Balaban J connectivity index is 1.43. The molecule has 0 radical (unpaired) electrons. The molecule has 3 aromatic rings. The Morgan fingerprint density at radius 1 is 1.14 bits per heavy atom. The SMILES string of the molecule is CCCN1CCC(CNCc2cn(Cc3ccccc3)nc2-c2cccnc2)C1. The van der Waals surface area contributed by atoms with Crippen LogP contribution in [0.2, 0.25) is 0 Å². The third kappa shape index (κ3) is 5.31. The second kappa shape index (κ2) is 9.81. The summed E-state index contributed by atoms with van der Waals surface area (Å²) >= 11 is 0. The Morgan fingerprint density at radius 3 is 2.83 bits per heavy atom. The topological polar surface area (TPSA) is 46.0 Å². The van der Waals surface area contributed by atoms with Gasteiger partial charge in [0.1, 0.15) is 0 Å². The third-order valence-electron chi connectivity index (χ3n) is 5.62. The maximum absolute atomic E-state index is 4.89. The first-order valence-corrected chi connectivity index (χ1v) is 10.8. The smallest absolute Gasteiger partial charge is 0.0983 e. The molecule has 1 fully saturated rings. The summed E-state index contributed by atoms with van der Waals surface area (Å²) < 4.78 is 2.05. The molecule has 1 atom stereocenters. The second-order valence-electron chi connectivity index (χ2n) is 8.01. The number of nitrogens with one attached hydrogen (secondary N) is 1. The number of likely N-dealkylation sites (tertiary alicyclic amines) is 1. The van der Waals surface area contributed by atoms with Crippen LogP contribution >= 0.6 is 0 Å². The molecule has 1 aromatic carbocycles. The van der Waals surface area contributed by atoms with Crippen LogP contribution in [0.3, 0.4) is 0 Å². The van der Waals surface area contributed by atoms with Gasteiger partial charge >= 0.3 is 0 Å². The number of benzene rings is 1. The first-order chi connectivity index (χ1) is 14.3. The molecule has 0 amide bonds. The van der Waals surface area contributed by atoms with E-state index in [1.807, 2.05) is 29.2 Å². The van der Waals surface area contributed by atoms with Crippen LogP contribution in [0, 0.1) is 5.92 Å². The first kappa shape index (κ1) is 19.8. The molecule has 1 aliphatic rings. The molecule has 1 aliphatic heterocycles. The molecule has 5 heteroatoms. The summed E-state index contributed by atoms with van der Waals surface area (Å²) in [6.45, 7) is 8.65. The van der Waals surface area contributed by atoms with Crippen LogP contribution in [0.15, 0.2) is 61.1 Å². The number of hydrogen-bond donors (Lipinski definition) is 1. The van der Waals surface area contributed by atoms with E-state index in [1.165, 1.54) is 43.6 Å². The predicted octanol–water partition coefficient (Wildman–Crippen LogP) is 3.81. The third-order valence-corrected chi connectivity index (χ3v) is 5.62. The van der Waals surface area contributed by atoms with E-state index in [0.29, 0.717) is 0 Å². The molecule has 3 heterocycles. The molecule has 4 rings (SSSR count). The van der Waals surface area contributed by atoms with Crippen molar-refractivity contribution in [2.24, 2.45) is 5.92 Å². The predicted molar refractivity (Wildman–Crippen MR) is 118 cm³/mol. The summed E-state index contributed by atoms with van der Waals surface area (Å²) in [5, 5.41) is 8.58. The minimum Gasteiger partial charge on any atom is -0.312 e. The lowest BCUT2D eigenvalue weighted by Crippen LogP contribution is -2.26. The Bertz CT molecular complexity index is 875. The van der Waals surface area contributed by atoms with Crippen LogP contribution in [0.1, 0.15) is 30.9 Å². The fourth-order valence-electron chi connectivity index (χ4n) is 4.20. The lowest BCUT2D eigenvalue weighted by atomic mass is 10.1. The van der Waals surface area contributed by atoms with Crippen molar-refractivity contribution in [1.29, 1.82) is 0 Å². The van der Waals surface area contributed by atoms with Crippen molar-refractivity contribution < 1.29 is 0 Å². The van der Waals surface area contributed by atoms with Crippen molar-refractivity contribution in [1.82, 2.24) is 25.0 Å². The molecular weight excluding hydrogens is 358 g/mol. The van der Waals surface area contributed by atoms with Crippen LogP contribution in [-0.2, 0) is 13.1 Å². The number of rotatable bonds is 9. The minimum absolute atomic E-state index is 0.753. The van der Waals surface area contributed by atoms with Gasteiger partial charge in [0.2, 0.25) is 0 Å². The van der Waals surface area contributed by atoms with Gasteiger partial charge in [-0.05, 0) is 56.1 Å². The largest absolute Gasteiger partial charge is 0.312 e. The van der Waals surface area contributed by atoms with E-state index in [0.717, 1.165) is 36.8 Å². The highest BCUT2D eigenvalue weighted by molar-refractivity contribution is 5.61. The summed E-state index contributed by atoms with van der Waals surface area (Å²) in [7, 11) is 0. The minimum atomic E-state index is 0.753. The average Bonchev–Trinajstić information content (AvgIpc) is 3.37. The fourth-order valence-corrected chi connectivity index (χ4v) is 4.20. The van der Waals surface area contributed by atoms with Gasteiger partial charge in [0.25, 0.3) is 0 Å². The number of pyridine rings is 1. The van der Waals surface area contributed by atoms with Gasteiger partial charge in [0.05, 0.1) is 12.2 Å². The summed E-state index contributed by atoms with van der Waals surface area (Å²) in [5.41, 5.74) is 4.60. The van der Waals surface area contributed by atoms with Gasteiger partial charge in [0, 0.05) is 42.8 Å². The van der Waals surface area contributed by atoms with Crippen LogP contribution in [0.5, 0.6) is 0 Å². The van der Waals surface area contributed by atoms with Crippen molar-refractivity contribution in [2.75, 3.05) is 26.2 Å². The highest BCUT2D eigenvalue weighted by Gasteiger charge is 2.21. The van der Waals surface area contributed by atoms with Crippen molar-refractivity contribution >= 4 is 0 Å². The Hall–Kier alpha value is -2.50. The molecule has 29 heavy (non-hydrogen) atoms. The van der Waals surface area contributed by atoms with Gasteiger partial charge in [-0.3, -0.25) is 9.67 Å². The van der Waals surface area contributed by atoms with Gasteiger partial charge in [-0.15, -0.1) is 0 Å². The van der Waals surface area contributed by atoms with Crippen molar-refractivity contribution in [2.45, 2.75) is 32.9 Å². The molecular formula is C24H31N5. The number of nitrogens with zero attached hydrogens (tertiary/aromatic N) is 4. The second-order valence-corrected chi connectivity index (χ2v) is 8.01. The lowest BCUT2D eigenvalue weighted by molar-refractivity contribution is 0.322. The van der Waals surface area contributed by atoms with E-state index in [2.05, 4.69) is 58.7 Å². The molecule has 2 aromatic heterocycles. The average molecular weight is 390 g/mol. The Kier molecular flexibility index (Phi) is 6.70. The van der Waals surface area contributed by atoms with Crippen molar-refractivity contribution in [3.05, 3.63) is 72.2 Å². The number of hydrogen-bond acceptors (Lipinski definition) is 4. The summed E-state index contributed by atoms with van der Waals surface area (Å²) in [5.74, 6) is 0.753. The Morgan fingerprint density at radius 2 is 2.03 bits per heavy atom. The van der Waals surface area contributed by atoms with Crippen LogP contribution in [0.25, 0.3) is 11.3 Å². The van der Waals surface area contributed by atoms with E-state index in [4.69, 9.17) is 5.10 Å². The molecule has 0 saturated carbocycles. The monoisotopic (exact) mass is 389 g/mol. The lowest BCUT2D eigenvalue weighted by Gasteiger charge is -2.15. The molecule has 152 valence electrons.